The minimum absolute atomic E-state index is 0.0159. The number of carbonyl (C=O) groups is 4. The number of benzene rings is 1. The number of aliphatic hydroxyl groups excluding tert-OH is 5. The number of aliphatic carboxylic acids is 3. The first-order valence-corrected chi connectivity index (χ1v) is 20.1. The maximum Gasteiger partial charge on any atom is 0.280 e. The van der Waals surface area contributed by atoms with E-state index in [1.54, 1.807) is 43.4 Å². The lowest BCUT2D eigenvalue weighted by atomic mass is 10.0. The summed E-state index contributed by atoms with van der Waals surface area (Å²) in [6, 6.07) is 4.24. The molecule has 62 heavy (non-hydrogen) atoms. The molecule has 26 nitrogen and oxygen atoms in total. The SMILES string of the molecule is Cc1nc2nc(N)[nH]c(=O)c2nc1[C@@H](C)Nc1ccc(C[C@H](O)[C@H](O)[C@H](O)CO[C@H]2O[C@H](COP(=O)([O-])O[C@@H](CCC(=O)[O-])C(=O)N[C@@H](CCC(=O)[O-])C(=O)[O-])[C@@H](O)[C@H]2O)cc1. The Balaban J connectivity index is 1.26. The second-order valence-corrected chi connectivity index (χ2v) is 15.5. The largest absolute Gasteiger partial charge is 0.756 e. The molecule has 4 rings (SSSR count). The highest BCUT2D eigenvalue weighted by Gasteiger charge is 2.45. The van der Waals surface area contributed by atoms with Gasteiger partial charge in [0.2, 0.25) is 11.9 Å². The van der Waals surface area contributed by atoms with Crippen LogP contribution in [0.25, 0.3) is 11.2 Å². The predicted molar refractivity (Wildman–Crippen MR) is 198 cm³/mol. The van der Waals surface area contributed by atoms with E-state index in [0.717, 1.165) is 0 Å². The van der Waals surface area contributed by atoms with Crippen molar-refractivity contribution in [1.29, 1.82) is 0 Å². The number of H-pyrrole nitrogens is 1. The van der Waals surface area contributed by atoms with Gasteiger partial charge in [-0.05, 0) is 57.2 Å². The minimum Gasteiger partial charge on any atom is -0.756 e. The van der Waals surface area contributed by atoms with Gasteiger partial charge in [-0.25, -0.2) is 9.97 Å². The number of aryl methyl sites for hydroxylation is 1. The highest BCUT2D eigenvalue weighted by Crippen LogP contribution is 2.42. The van der Waals surface area contributed by atoms with Gasteiger partial charge >= 0.3 is 0 Å². The number of nitrogens with one attached hydrogen (secondary N) is 3. The number of phosphoric ester groups is 1. The van der Waals surface area contributed by atoms with Crippen molar-refractivity contribution in [3.63, 3.8) is 0 Å². The smallest absolute Gasteiger partial charge is 0.280 e. The van der Waals surface area contributed by atoms with Crippen LogP contribution >= 0.6 is 7.82 Å². The summed E-state index contributed by atoms with van der Waals surface area (Å²) in [6.45, 7) is 1.63. The number of aromatic nitrogens is 4. The van der Waals surface area contributed by atoms with E-state index in [4.69, 9.17) is 15.2 Å². The number of hydrogen-bond acceptors (Lipinski definition) is 24. The third-order valence-corrected chi connectivity index (χ3v) is 10.3. The molecule has 0 spiro atoms. The molecule has 3 heterocycles. The van der Waals surface area contributed by atoms with Crippen LogP contribution in [-0.2, 0) is 48.7 Å². The van der Waals surface area contributed by atoms with E-state index in [1.165, 1.54) is 0 Å². The van der Waals surface area contributed by atoms with E-state index in [1.807, 2.05) is 0 Å². The van der Waals surface area contributed by atoms with Crippen molar-refractivity contribution in [3.05, 3.63) is 51.6 Å². The molecule has 27 heteroatoms. The molecule has 1 unspecified atom stereocenters. The second-order valence-electron chi connectivity index (χ2n) is 14.1. The molecular weight excluding hydrogens is 853 g/mol. The van der Waals surface area contributed by atoms with E-state index in [0.29, 0.717) is 22.6 Å². The highest BCUT2D eigenvalue weighted by atomic mass is 31.2. The molecule has 2 aromatic heterocycles. The maximum atomic E-state index is 12.6. The number of aliphatic hydroxyl groups is 5. The summed E-state index contributed by atoms with van der Waals surface area (Å²) >= 11 is 0. The number of aromatic amines is 1. The van der Waals surface area contributed by atoms with Gasteiger partial charge in [0.15, 0.2) is 17.5 Å². The second kappa shape index (κ2) is 21.7. The van der Waals surface area contributed by atoms with E-state index < -0.39 is 137 Å². The van der Waals surface area contributed by atoms with Crippen molar-refractivity contribution in [2.45, 2.75) is 107 Å². The average molecular weight is 898 g/mol. The Labute approximate surface area is 350 Å². The summed E-state index contributed by atoms with van der Waals surface area (Å²) in [5.74, 6) is -6.98. The summed E-state index contributed by atoms with van der Waals surface area (Å²) in [5.41, 5.74) is 7.32. The fraction of sp³-hybridized carbons (Fsp3) is 0.543. The monoisotopic (exact) mass is 897 g/mol. The van der Waals surface area contributed by atoms with Crippen molar-refractivity contribution in [2.75, 3.05) is 24.3 Å². The predicted octanol–water partition coefficient (Wildman–Crippen LogP) is -6.97. The van der Waals surface area contributed by atoms with Crippen LogP contribution in [0.15, 0.2) is 29.1 Å². The fourth-order valence-corrected chi connectivity index (χ4v) is 6.95. The van der Waals surface area contributed by atoms with Gasteiger partial charge in [-0.1, -0.05) is 12.1 Å². The molecule has 1 aromatic carbocycles. The fourth-order valence-electron chi connectivity index (χ4n) is 6.04. The van der Waals surface area contributed by atoms with Crippen LogP contribution in [-0.4, -0.2) is 138 Å². The summed E-state index contributed by atoms with van der Waals surface area (Å²) in [6.07, 6.45) is -18.1. The summed E-state index contributed by atoms with van der Waals surface area (Å²) in [4.78, 5) is 85.7. The Morgan fingerprint density at radius 1 is 0.984 bits per heavy atom. The molecule has 1 aliphatic rings. The Hall–Kier alpha value is -5.25. The normalized spacial score (nSPS) is 21.5. The maximum absolute atomic E-state index is 12.6. The van der Waals surface area contributed by atoms with Crippen molar-refractivity contribution in [1.82, 2.24) is 25.3 Å². The van der Waals surface area contributed by atoms with Crippen molar-refractivity contribution in [3.8, 4) is 0 Å². The molecule has 1 saturated heterocycles. The van der Waals surface area contributed by atoms with Gasteiger partial charge in [-0.2, -0.15) is 4.98 Å². The van der Waals surface area contributed by atoms with Gasteiger partial charge in [0.1, 0.15) is 36.6 Å². The zero-order valence-electron chi connectivity index (χ0n) is 32.9. The number of nitrogens with zero attached hydrogens (tertiary/aromatic N) is 3. The molecule has 1 amide bonds. The summed E-state index contributed by atoms with van der Waals surface area (Å²) in [7, 11) is -5.63. The first kappa shape index (κ1) is 49.4. The molecule has 11 atom stereocenters. The van der Waals surface area contributed by atoms with Crippen molar-refractivity contribution in [2.24, 2.45) is 0 Å². The van der Waals surface area contributed by atoms with Crippen LogP contribution in [0, 0.1) is 6.92 Å². The van der Waals surface area contributed by atoms with Crippen LogP contribution in [0.2, 0.25) is 0 Å². The third kappa shape index (κ3) is 13.9. The van der Waals surface area contributed by atoms with Crippen LogP contribution in [0.1, 0.15) is 55.6 Å². The van der Waals surface area contributed by atoms with E-state index in [-0.39, 0.29) is 23.5 Å². The van der Waals surface area contributed by atoms with Crippen molar-refractivity contribution < 1.29 is 88.0 Å². The van der Waals surface area contributed by atoms with Crippen molar-refractivity contribution >= 4 is 54.4 Å². The van der Waals surface area contributed by atoms with E-state index >= 15 is 0 Å². The number of phosphoric acid groups is 1. The first-order chi connectivity index (χ1) is 29.0. The first-order valence-electron chi connectivity index (χ1n) is 18.7. The Morgan fingerprint density at radius 3 is 2.26 bits per heavy atom. The number of fused-ring (bicyclic) bond motifs is 1. The lowest BCUT2D eigenvalue weighted by Crippen LogP contribution is -2.51. The number of rotatable bonds is 24. The number of anilines is 2. The quantitative estimate of drug-likeness (QED) is 0.0377. The zero-order chi connectivity index (χ0) is 46.1. The Bertz CT molecular complexity index is 2160. The van der Waals surface area contributed by atoms with Gasteiger partial charge in [0.05, 0.1) is 48.8 Å². The number of amides is 1. The molecule has 3 aromatic rings. The number of ether oxygens (including phenoxy) is 2. The van der Waals surface area contributed by atoms with Gasteiger partial charge < -0.3 is 95.0 Å². The number of carboxylic acid groups (broad SMARTS) is 3. The number of nitrogen functional groups attached to an aromatic ring is 1. The summed E-state index contributed by atoms with van der Waals surface area (Å²) in [5, 5.41) is 90.6. The zero-order valence-corrected chi connectivity index (χ0v) is 33.7. The number of carbonyl (C=O) groups excluding carboxylic acids is 4. The van der Waals surface area contributed by atoms with Crippen LogP contribution in [0.4, 0.5) is 11.6 Å². The third-order valence-electron chi connectivity index (χ3n) is 9.30. The van der Waals surface area contributed by atoms with E-state index in [9.17, 15) is 74.3 Å². The lowest BCUT2D eigenvalue weighted by molar-refractivity contribution is -0.311. The number of nitrogens with two attached hydrogens (primary N) is 1. The molecule has 0 radical (unpaired) electrons. The standard InChI is InChI=1S/C35H48N7O19P/c1-14(25-15(2)38-30-26(40-25)32(53)42-35(36)41-30)37-17-5-3-16(4-6-17)11-19(43)27(49)20(44)12-58-34-29(51)28(50)22(60-34)13-59-62(56,57)61-21(8-10-24(47)48)31(52)39-18(33(54)55)7-9-23(45)46/h3-6,14,18-22,27-29,34,37,43-44,49-51H,7-13H2,1-2H3,(H,39,52)(H,45,46)(H,47,48)(H,54,55)(H,56,57)(H3,36,38,41,42,53)/p-4/t14-,18+,19+,20-,21+,22-,27+,28-,29-,34+/m1/s1. The van der Waals surface area contributed by atoms with E-state index in [2.05, 4.69) is 34.3 Å². The van der Waals surface area contributed by atoms with Crippen LogP contribution in [0.3, 0.4) is 0 Å². The Morgan fingerprint density at radius 2 is 1.63 bits per heavy atom. The molecule has 342 valence electrons. The van der Waals surface area contributed by atoms with Crippen LogP contribution < -0.4 is 42.1 Å². The average Bonchev–Trinajstić information content (AvgIpc) is 3.46. The Kier molecular flexibility index (Phi) is 17.3. The molecule has 1 fully saturated rings. The molecule has 10 N–H and O–H groups in total. The molecule has 0 aliphatic carbocycles. The van der Waals surface area contributed by atoms with Gasteiger partial charge in [-0.15, -0.1) is 0 Å². The molecular formula is C35H44N7O19P-4. The lowest BCUT2D eigenvalue weighted by Gasteiger charge is -2.30. The highest BCUT2D eigenvalue weighted by molar-refractivity contribution is 7.45. The summed E-state index contributed by atoms with van der Waals surface area (Å²) < 4.78 is 32.4. The van der Waals surface area contributed by atoms with Crippen LogP contribution in [0.5, 0.6) is 0 Å². The number of hydrogen-bond donors (Lipinski definition) is 9. The van der Waals surface area contributed by atoms with Gasteiger partial charge in [-0.3, -0.25) is 19.1 Å². The number of carboxylic acids is 3. The van der Waals surface area contributed by atoms with Gasteiger partial charge in [0, 0.05) is 24.0 Å². The molecule has 1 aliphatic heterocycles. The molecule has 0 saturated carbocycles. The van der Waals surface area contributed by atoms with Gasteiger partial charge in [0.25, 0.3) is 13.4 Å². The topological polar surface area (TPSA) is 437 Å². The molecule has 0 bridgehead atoms. The minimum atomic E-state index is -5.63.